The first-order valence-corrected chi connectivity index (χ1v) is 8.79. The summed E-state index contributed by atoms with van der Waals surface area (Å²) in [5.41, 5.74) is 10.6. The van der Waals surface area contributed by atoms with Crippen molar-refractivity contribution in [2.24, 2.45) is 5.73 Å². The molecule has 0 fully saturated rings. The number of ether oxygens (including phenoxy) is 2. The molecule has 5 rings (SSSR count). The van der Waals surface area contributed by atoms with E-state index in [0.29, 0.717) is 13.3 Å². The molecule has 1 aliphatic heterocycles. The van der Waals surface area contributed by atoms with Gasteiger partial charge in [0.15, 0.2) is 16.5 Å². The average Bonchev–Trinajstić information content (AvgIpc) is 3.27. The van der Waals surface area contributed by atoms with Crippen LogP contribution in [0, 0.1) is 0 Å². The zero-order valence-electron chi connectivity index (χ0n) is 12.7. The molecule has 3 heterocycles. The summed E-state index contributed by atoms with van der Waals surface area (Å²) in [6, 6.07) is 6.04. The Morgan fingerprint density at radius 2 is 2.13 bits per heavy atom. The van der Waals surface area contributed by atoms with Gasteiger partial charge in [-0.15, -0.1) is 11.3 Å². The molecule has 0 amide bonds. The maximum absolute atomic E-state index is 5.88. The summed E-state index contributed by atoms with van der Waals surface area (Å²) in [7, 11) is 0. The summed E-state index contributed by atoms with van der Waals surface area (Å²) in [5, 5.41) is 0. The molecule has 23 heavy (non-hydrogen) atoms. The Kier molecular flexibility index (Phi) is 2.90. The lowest BCUT2D eigenvalue weighted by molar-refractivity contribution is 0.174. The topological polar surface area (TPSA) is 61.8 Å². The molecule has 3 aromatic rings. The van der Waals surface area contributed by atoms with Gasteiger partial charge in [0.1, 0.15) is 0 Å². The van der Waals surface area contributed by atoms with E-state index in [2.05, 4.69) is 10.5 Å². The summed E-state index contributed by atoms with van der Waals surface area (Å²) in [5.74, 6) is 1.60. The molecule has 1 aliphatic carbocycles. The van der Waals surface area contributed by atoms with Gasteiger partial charge in [0.2, 0.25) is 6.79 Å². The minimum Gasteiger partial charge on any atom is -0.454 e. The van der Waals surface area contributed by atoms with Crippen LogP contribution in [0.5, 0.6) is 11.5 Å². The van der Waals surface area contributed by atoms with Crippen LogP contribution in [0.1, 0.15) is 22.7 Å². The molecule has 2 N–H and O–H groups in total. The van der Waals surface area contributed by atoms with Crippen LogP contribution in [-0.4, -0.2) is 22.7 Å². The number of benzene rings is 1. The molecule has 0 saturated heterocycles. The van der Waals surface area contributed by atoms with Crippen molar-refractivity contribution in [1.82, 2.24) is 9.38 Å². The van der Waals surface area contributed by atoms with Crippen molar-refractivity contribution >= 4 is 16.3 Å². The van der Waals surface area contributed by atoms with Gasteiger partial charge in [-0.3, -0.25) is 4.40 Å². The largest absolute Gasteiger partial charge is 0.454 e. The Hall–Kier alpha value is -2.05. The molecule has 5 nitrogen and oxygen atoms in total. The smallest absolute Gasteiger partial charge is 0.231 e. The third-order valence-corrected chi connectivity index (χ3v) is 5.74. The van der Waals surface area contributed by atoms with Crippen LogP contribution in [0.3, 0.4) is 0 Å². The number of aryl methyl sites for hydroxylation is 2. The molecule has 0 unspecified atom stereocenters. The summed E-state index contributed by atoms with van der Waals surface area (Å²) >= 11 is 1.82. The highest BCUT2D eigenvalue weighted by Crippen LogP contribution is 2.39. The first-order chi connectivity index (χ1) is 11.3. The van der Waals surface area contributed by atoms with Crippen LogP contribution < -0.4 is 15.2 Å². The molecule has 118 valence electrons. The minimum absolute atomic E-state index is 0.292. The van der Waals surface area contributed by atoms with Gasteiger partial charge in [0, 0.05) is 22.6 Å². The second kappa shape index (κ2) is 4.97. The van der Waals surface area contributed by atoms with Crippen molar-refractivity contribution in [3.8, 4) is 22.8 Å². The fourth-order valence-electron chi connectivity index (χ4n) is 3.58. The van der Waals surface area contributed by atoms with Crippen LogP contribution in [0.15, 0.2) is 18.2 Å². The quantitative estimate of drug-likeness (QED) is 0.803. The van der Waals surface area contributed by atoms with Crippen molar-refractivity contribution in [2.75, 3.05) is 13.3 Å². The van der Waals surface area contributed by atoms with Crippen molar-refractivity contribution in [3.05, 3.63) is 34.5 Å². The maximum Gasteiger partial charge on any atom is 0.231 e. The van der Waals surface area contributed by atoms with Crippen LogP contribution in [0.4, 0.5) is 0 Å². The normalized spacial score (nSPS) is 15.5. The summed E-state index contributed by atoms with van der Waals surface area (Å²) < 4.78 is 13.3. The summed E-state index contributed by atoms with van der Waals surface area (Å²) in [6.07, 6.45) is 4.40. The first-order valence-electron chi connectivity index (χ1n) is 7.97. The molecule has 0 bridgehead atoms. The highest BCUT2D eigenvalue weighted by atomic mass is 32.1. The van der Waals surface area contributed by atoms with Gasteiger partial charge < -0.3 is 15.2 Å². The van der Waals surface area contributed by atoms with Gasteiger partial charge in [-0.05, 0) is 44.0 Å². The van der Waals surface area contributed by atoms with E-state index in [-0.39, 0.29) is 0 Å². The zero-order valence-corrected chi connectivity index (χ0v) is 13.5. The number of nitrogens with zero attached hydrogens (tertiary/aromatic N) is 2. The van der Waals surface area contributed by atoms with E-state index in [4.69, 9.17) is 20.2 Å². The van der Waals surface area contributed by atoms with Crippen molar-refractivity contribution in [3.63, 3.8) is 0 Å². The van der Waals surface area contributed by atoms with E-state index in [9.17, 15) is 0 Å². The van der Waals surface area contributed by atoms with Gasteiger partial charge in [0.05, 0.1) is 11.4 Å². The monoisotopic (exact) mass is 327 g/mol. The van der Waals surface area contributed by atoms with E-state index in [0.717, 1.165) is 40.6 Å². The molecule has 2 aromatic heterocycles. The number of nitrogens with two attached hydrogens (primary N) is 1. The second-order valence-electron chi connectivity index (χ2n) is 5.96. The highest BCUT2D eigenvalue weighted by Gasteiger charge is 2.24. The van der Waals surface area contributed by atoms with Crippen LogP contribution >= 0.6 is 11.3 Å². The number of imidazole rings is 1. The molecule has 2 aliphatic rings. The molecular formula is C17H17N3O2S. The lowest BCUT2D eigenvalue weighted by Crippen LogP contribution is -2.07. The Bertz CT molecular complexity index is 912. The molecule has 0 atom stereocenters. The molecule has 0 spiro atoms. The molecule has 0 saturated carbocycles. The van der Waals surface area contributed by atoms with E-state index >= 15 is 0 Å². The van der Waals surface area contributed by atoms with Gasteiger partial charge >= 0.3 is 0 Å². The molecule has 1 aromatic carbocycles. The summed E-state index contributed by atoms with van der Waals surface area (Å²) in [6.45, 7) is 0.913. The lowest BCUT2D eigenvalue weighted by atomic mass is 10.1. The Morgan fingerprint density at radius 3 is 3.04 bits per heavy atom. The fraction of sp³-hybridized carbons (Fsp3) is 0.353. The van der Waals surface area contributed by atoms with Crippen LogP contribution in [0.25, 0.3) is 16.2 Å². The molecular weight excluding hydrogens is 310 g/mol. The maximum atomic E-state index is 5.88. The lowest BCUT2D eigenvalue weighted by Gasteiger charge is -2.06. The number of thiazole rings is 1. The third-order valence-electron chi connectivity index (χ3n) is 4.59. The highest BCUT2D eigenvalue weighted by molar-refractivity contribution is 7.17. The van der Waals surface area contributed by atoms with Crippen molar-refractivity contribution in [1.29, 1.82) is 0 Å². The van der Waals surface area contributed by atoms with E-state index < -0.39 is 0 Å². The van der Waals surface area contributed by atoms with Gasteiger partial charge in [-0.1, -0.05) is 0 Å². The zero-order chi connectivity index (χ0) is 15.4. The third kappa shape index (κ3) is 1.91. The fourth-order valence-corrected chi connectivity index (χ4v) is 4.80. The average molecular weight is 327 g/mol. The summed E-state index contributed by atoms with van der Waals surface area (Å²) in [4.78, 5) is 7.50. The SMILES string of the molecule is NCCc1c(-c2ccc3c(c2)OCO3)nc2sc3c(n12)CCC3. The number of aromatic nitrogens is 2. The van der Waals surface area contributed by atoms with Crippen LogP contribution in [0.2, 0.25) is 0 Å². The Balaban J connectivity index is 1.71. The Morgan fingerprint density at radius 1 is 1.22 bits per heavy atom. The second-order valence-corrected chi connectivity index (χ2v) is 7.02. The number of rotatable bonds is 3. The van der Waals surface area contributed by atoms with Gasteiger partial charge in [0.25, 0.3) is 0 Å². The van der Waals surface area contributed by atoms with Crippen molar-refractivity contribution < 1.29 is 9.47 Å². The van der Waals surface area contributed by atoms with E-state index in [1.165, 1.54) is 29.1 Å². The first kappa shape index (κ1) is 13.4. The van der Waals surface area contributed by atoms with Gasteiger partial charge in [-0.2, -0.15) is 0 Å². The van der Waals surface area contributed by atoms with Gasteiger partial charge in [-0.25, -0.2) is 4.98 Å². The standard InChI is InChI=1S/C17H17N3O2S/c18-7-6-12-16(10-4-5-13-14(8-10)22-9-21-13)19-17-20(12)11-2-1-3-15(11)23-17/h4-5,8H,1-3,6-7,9,18H2. The number of hydrogen-bond acceptors (Lipinski definition) is 5. The molecule has 0 radical (unpaired) electrons. The predicted octanol–water partition coefficient (Wildman–Crippen LogP) is 2.78. The van der Waals surface area contributed by atoms with E-state index in [1.54, 1.807) is 0 Å². The Labute approximate surface area is 137 Å². The number of hydrogen-bond donors (Lipinski definition) is 1. The molecule has 6 heteroatoms. The minimum atomic E-state index is 0.292. The predicted molar refractivity (Wildman–Crippen MR) is 89.4 cm³/mol. The van der Waals surface area contributed by atoms with Crippen LogP contribution in [-0.2, 0) is 19.3 Å². The number of fused-ring (bicyclic) bond motifs is 4. The van der Waals surface area contributed by atoms with Crippen molar-refractivity contribution in [2.45, 2.75) is 25.7 Å². The van der Waals surface area contributed by atoms with E-state index in [1.807, 2.05) is 23.5 Å².